The van der Waals surface area contributed by atoms with Crippen molar-refractivity contribution >= 4 is 22.5 Å². The van der Waals surface area contributed by atoms with Gasteiger partial charge in [-0.15, -0.1) is 0 Å². The molecule has 1 amide bonds. The van der Waals surface area contributed by atoms with Crippen LogP contribution in [0, 0.1) is 5.92 Å². The monoisotopic (exact) mass is 272 g/mol. The molecule has 2 aromatic rings. The molecule has 4 N–H and O–H groups in total. The second-order valence-corrected chi connectivity index (χ2v) is 5.92. The van der Waals surface area contributed by atoms with E-state index in [-0.39, 0.29) is 5.91 Å². The third-order valence-electron chi connectivity index (χ3n) is 4.34. The maximum Gasteiger partial charge on any atom is 0.275 e. The van der Waals surface area contributed by atoms with E-state index in [1.807, 2.05) is 6.07 Å². The molecular weight excluding hydrogens is 256 g/mol. The maximum atomic E-state index is 12.4. The van der Waals surface area contributed by atoms with E-state index < -0.39 is 5.60 Å². The molecule has 1 aromatic heterocycles. The van der Waals surface area contributed by atoms with Crippen molar-refractivity contribution in [3.8, 4) is 0 Å². The maximum absolute atomic E-state index is 12.4. The highest BCUT2D eigenvalue weighted by Crippen LogP contribution is 2.44. The Labute approximate surface area is 115 Å². The first-order chi connectivity index (χ1) is 9.57. The van der Waals surface area contributed by atoms with Crippen LogP contribution in [-0.2, 0) is 0 Å². The number of nitrogens with one attached hydrogen (secondary N) is 1. The minimum atomic E-state index is -0.666. The molecule has 6 heteroatoms. The molecule has 0 atom stereocenters. The number of carbonyl (C=O) groups is 1. The Hall–Kier alpha value is -2.08. The number of anilines is 1. The number of aromatic nitrogens is 2. The number of likely N-dealkylation sites (tertiary alicyclic amines) is 1. The number of β-amino-alcohol motifs (C(OH)–C–C–N with tert-alkyl or cyclic N) is 1. The number of aliphatic hydroxyl groups is 1. The largest absolute Gasteiger partial charge is 0.399 e. The van der Waals surface area contributed by atoms with Gasteiger partial charge in [0.05, 0.1) is 18.6 Å². The summed E-state index contributed by atoms with van der Waals surface area (Å²) in [5, 5.41) is 17.9. The lowest BCUT2D eigenvalue weighted by atomic mass is 9.88. The Balaban J connectivity index is 1.60. The van der Waals surface area contributed by atoms with Gasteiger partial charge in [-0.1, -0.05) is 0 Å². The van der Waals surface area contributed by atoms with E-state index >= 15 is 0 Å². The van der Waals surface area contributed by atoms with Crippen molar-refractivity contribution < 1.29 is 9.90 Å². The van der Waals surface area contributed by atoms with Crippen LogP contribution in [0.25, 0.3) is 10.9 Å². The number of aromatic amines is 1. The summed E-state index contributed by atoms with van der Waals surface area (Å²) in [5.74, 6) is 0.227. The van der Waals surface area contributed by atoms with Gasteiger partial charge in [-0.2, -0.15) is 5.10 Å². The van der Waals surface area contributed by atoms with E-state index in [9.17, 15) is 9.90 Å². The third kappa shape index (κ3) is 1.61. The van der Waals surface area contributed by atoms with Crippen molar-refractivity contribution in [2.75, 3.05) is 18.8 Å². The first-order valence-electron chi connectivity index (χ1n) is 6.82. The van der Waals surface area contributed by atoms with E-state index in [4.69, 9.17) is 5.73 Å². The average molecular weight is 272 g/mol. The number of nitrogens with two attached hydrogens (primary N) is 1. The highest BCUT2D eigenvalue weighted by molar-refractivity contribution is 6.05. The molecule has 2 fully saturated rings. The van der Waals surface area contributed by atoms with Gasteiger partial charge >= 0.3 is 0 Å². The molecule has 1 aromatic carbocycles. The normalized spacial score (nSPS) is 20.9. The van der Waals surface area contributed by atoms with Crippen molar-refractivity contribution in [3.63, 3.8) is 0 Å². The Kier molecular flexibility index (Phi) is 2.18. The van der Waals surface area contributed by atoms with Crippen LogP contribution in [0.4, 0.5) is 5.69 Å². The van der Waals surface area contributed by atoms with Crippen molar-refractivity contribution in [1.82, 2.24) is 15.1 Å². The molecule has 2 heterocycles. The molecule has 20 heavy (non-hydrogen) atoms. The first kappa shape index (κ1) is 11.7. The van der Waals surface area contributed by atoms with Crippen LogP contribution in [-0.4, -0.2) is 44.8 Å². The number of amides is 1. The number of rotatable bonds is 2. The molecule has 1 saturated carbocycles. The van der Waals surface area contributed by atoms with E-state index in [1.54, 1.807) is 17.0 Å². The smallest absolute Gasteiger partial charge is 0.275 e. The molecule has 4 rings (SSSR count). The Morgan fingerprint density at radius 2 is 2.20 bits per heavy atom. The molecule has 0 radical (unpaired) electrons. The molecule has 1 aliphatic carbocycles. The molecule has 6 nitrogen and oxygen atoms in total. The topological polar surface area (TPSA) is 95.2 Å². The Morgan fingerprint density at radius 1 is 1.45 bits per heavy atom. The zero-order valence-electron chi connectivity index (χ0n) is 11.0. The van der Waals surface area contributed by atoms with Gasteiger partial charge in [0.2, 0.25) is 0 Å². The number of nitrogen functional groups attached to an aromatic ring is 1. The minimum Gasteiger partial charge on any atom is -0.399 e. The lowest BCUT2D eigenvalue weighted by Gasteiger charge is -2.46. The summed E-state index contributed by atoms with van der Waals surface area (Å²) in [5.41, 5.74) is 6.87. The number of carbonyl (C=O) groups excluding carboxylic acids is 1. The van der Waals surface area contributed by atoms with Crippen molar-refractivity contribution in [2.45, 2.75) is 18.4 Å². The van der Waals surface area contributed by atoms with E-state index in [1.165, 1.54) is 0 Å². The van der Waals surface area contributed by atoms with Crippen LogP contribution in [0.5, 0.6) is 0 Å². The first-order valence-corrected chi connectivity index (χ1v) is 6.82. The highest BCUT2D eigenvalue weighted by atomic mass is 16.3. The lowest BCUT2D eigenvalue weighted by Crippen LogP contribution is -2.64. The van der Waals surface area contributed by atoms with Gasteiger partial charge in [0, 0.05) is 11.1 Å². The van der Waals surface area contributed by atoms with Gasteiger partial charge in [-0.3, -0.25) is 9.89 Å². The van der Waals surface area contributed by atoms with Crippen LogP contribution in [0.1, 0.15) is 23.3 Å². The average Bonchev–Trinajstić information content (AvgIpc) is 3.15. The second kappa shape index (κ2) is 3.73. The van der Waals surface area contributed by atoms with E-state index in [2.05, 4.69) is 10.2 Å². The predicted octanol–water partition coefficient (Wildman–Crippen LogP) is 0.742. The summed E-state index contributed by atoms with van der Waals surface area (Å²) >= 11 is 0. The lowest BCUT2D eigenvalue weighted by molar-refractivity contribution is -0.0959. The summed E-state index contributed by atoms with van der Waals surface area (Å²) in [4.78, 5) is 14.1. The number of fused-ring (bicyclic) bond motifs is 1. The molecule has 1 aliphatic heterocycles. The molecule has 104 valence electrons. The zero-order valence-corrected chi connectivity index (χ0v) is 11.0. The van der Waals surface area contributed by atoms with Crippen LogP contribution in [0.15, 0.2) is 18.2 Å². The van der Waals surface area contributed by atoms with Crippen LogP contribution in [0.3, 0.4) is 0 Å². The fraction of sp³-hybridized carbons (Fsp3) is 0.429. The van der Waals surface area contributed by atoms with Crippen LogP contribution >= 0.6 is 0 Å². The summed E-state index contributed by atoms with van der Waals surface area (Å²) in [6.45, 7) is 0.820. The van der Waals surface area contributed by atoms with Gasteiger partial charge in [0.1, 0.15) is 5.60 Å². The number of hydrogen-bond donors (Lipinski definition) is 3. The van der Waals surface area contributed by atoms with Gasteiger partial charge in [-0.25, -0.2) is 0 Å². The van der Waals surface area contributed by atoms with Crippen molar-refractivity contribution in [3.05, 3.63) is 23.9 Å². The Bertz CT molecular complexity index is 698. The number of nitrogens with zero attached hydrogens (tertiary/aromatic N) is 2. The summed E-state index contributed by atoms with van der Waals surface area (Å²) in [6.07, 6.45) is 2.14. The second-order valence-electron chi connectivity index (χ2n) is 5.92. The van der Waals surface area contributed by atoms with Gasteiger partial charge in [-0.05, 0) is 37.0 Å². The fourth-order valence-corrected chi connectivity index (χ4v) is 2.98. The molecule has 0 spiro atoms. The van der Waals surface area contributed by atoms with Gasteiger partial charge in [0.15, 0.2) is 5.69 Å². The molecule has 0 unspecified atom stereocenters. The molecule has 1 saturated heterocycles. The number of benzene rings is 1. The molecular formula is C14H16N4O2. The van der Waals surface area contributed by atoms with Crippen molar-refractivity contribution in [2.24, 2.45) is 5.92 Å². The standard InChI is InChI=1S/C14H16N4O2/c15-9-3-4-11-10(5-9)12(17-16-11)13(19)18-6-14(20,7-18)8-1-2-8/h3-5,8,20H,1-2,6-7,15H2,(H,16,17). The summed E-state index contributed by atoms with van der Waals surface area (Å²) in [6, 6.07) is 5.33. The summed E-state index contributed by atoms with van der Waals surface area (Å²) in [7, 11) is 0. The zero-order chi connectivity index (χ0) is 13.9. The highest BCUT2D eigenvalue weighted by Gasteiger charge is 2.53. The number of H-pyrrole nitrogens is 1. The Morgan fingerprint density at radius 3 is 2.90 bits per heavy atom. The summed E-state index contributed by atoms with van der Waals surface area (Å²) < 4.78 is 0. The van der Waals surface area contributed by atoms with Gasteiger partial charge in [0.25, 0.3) is 5.91 Å². The molecule has 0 bridgehead atoms. The quantitative estimate of drug-likeness (QED) is 0.703. The van der Waals surface area contributed by atoms with E-state index in [0.29, 0.717) is 30.4 Å². The predicted molar refractivity (Wildman–Crippen MR) is 74.1 cm³/mol. The van der Waals surface area contributed by atoms with Crippen LogP contribution in [0.2, 0.25) is 0 Å². The van der Waals surface area contributed by atoms with Crippen LogP contribution < -0.4 is 5.73 Å². The SMILES string of the molecule is Nc1ccc2[nH]nc(C(=O)N3CC(O)(C4CC4)C3)c2c1. The fourth-order valence-electron chi connectivity index (χ4n) is 2.98. The number of hydrogen-bond acceptors (Lipinski definition) is 4. The van der Waals surface area contributed by atoms with E-state index in [0.717, 1.165) is 23.7 Å². The third-order valence-corrected chi connectivity index (χ3v) is 4.34. The van der Waals surface area contributed by atoms with Gasteiger partial charge < -0.3 is 15.7 Å². The minimum absolute atomic E-state index is 0.146. The molecule has 2 aliphatic rings. The van der Waals surface area contributed by atoms with Crippen molar-refractivity contribution in [1.29, 1.82) is 0 Å².